The van der Waals surface area contributed by atoms with Crippen LogP contribution < -0.4 is 4.90 Å². The Morgan fingerprint density at radius 1 is 1.18 bits per heavy atom. The molecule has 1 aromatic rings. The van der Waals surface area contributed by atoms with E-state index >= 15 is 0 Å². The van der Waals surface area contributed by atoms with Gasteiger partial charge in [-0.3, -0.25) is 0 Å². The Bertz CT molecular complexity index is 361. The Morgan fingerprint density at radius 3 is 2.41 bits per heavy atom. The van der Waals surface area contributed by atoms with Crippen LogP contribution in [0.3, 0.4) is 0 Å². The van der Waals surface area contributed by atoms with Crippen molar-refractivity contribution in [1.82, 2.24) is 0 Å². The van der Waals surface area contributed by atoms with Gasteiger partial charge in [0.05, 0.1) is 19.8 Å². The molecule has 0 aliphatic heterocycles. The largest absolute Gasteiger partial charge is 0.395 e. The third-order valence-electron chi connectivity index (χ3n) is 2.22. The van der Waals surface area contributed by atoms with Crippen LogP contribution in [-0.4, -0.2) is 36.3 Å². The molecular weight excluding hydrogens is 235 g/mol. The van der Waals surface area contributed by atoms with Crippen LogP contribution in [0.1, 0.15) is 5.56 Å². The molecule has 1 rings (SSSR count). The van der Waals surface area contributed by atoms with Gasteiger partial charge in [0, 0.05) is 12.2 Å². The molecule has 0 heterocycles. The zero-order chi connectivity index (χ0) is 12.8. The maximum Gasteiger partial charge on any atom is 0.255 e. The second kappa shape index (κ2) is 6.46. The van der Waals surface area contributed by atoms with Gasteiger partial charge in [0.1, 0.15) is 5.82 Å². The number of hydrogen-bond acceptors (Lipinski definition) is 3. The van der Waals surface area contributed by atoms with Gasteiger partial charge in [-0.05, 0) is 23.8 Å². The monoisotopic (exact) mass is 249 g/mol. The van der Waals surface area contributed by atoms with E-state index in [2.05, 4.69) is 0 Å². The fourth-order valence-electron chi connectivity index (χ4n) is 1.52. The fourth-order valence-corrected chi connectivity index (χ4v) is 1.52. The van der Waals surface area contributed by atoms with Gasteiger partial charge in [0.15, 0.2) is 0 Å². The lowest BCUT2D eigenvalue weighted by atomic mass is 10.2. The van der Waals surface area contributed by atoms with Crippen molar-refractivity contribution >= 4 is 5.69 Å². The molecule has 2 N–H and O–H groups in total. The molecule has 0 amide bonds. The number of aliphatic hydroxyl groups is 2. The van der Waals surface area contributed by atoms with Crippen LogP contribution in [-0.2, 0) is 6.61 Å². The summed E-state index contributed by atoms with van der Waals surface area (Å²) in [5.41, 5.74) is 0.528. The number of hydrogen-bond donors (Lipinski definition) is 2. The molecule has 0 atom stereocenters. The minimum absolute atomic E-state index is 0.0152. The summed E-state index contributed by atoms with van der Waals surface area (Å²) < 4.78 is 37.8. The number of anilines is 1. The summed E-state index contributed by atoms with van der Waals surface area (Å²) in [6, 6.07) is 3.64. The van der Waals surface area contributed by atoms with Crippen molar-refractivity contribution in [3.8, 4) is 0 Å². The topological polar surface area (TPSA) is 43.7 Å². The van der Waals surface area contributed by atoms with E-state index in [-0.39, 0.29) is 25.4 Å². The first-order valence-electron chi connectivity index (χ1n) is 5.11. The molecule has 17 heavy (non-hydrogen) atoms. The molecule has 0 aliphatic carbocycles. The van der Waals surface area contributed by atoms with Crippen molar-refractivity contribution in [3.63, 3.8) is 0 Å². The van der Waals surface area contributed by atoms with E-state index in [1.54, 1.807) is 0 Å². The molecule has 0 spiro atoms. The molecule has 0 aromatic heterocycles. The van der Waals surface area contributed by atoms with Crippen LogP contribution in [0.2, 0.25) is 0 Å². The predicted octanol–water partition coefficient (Wildman–Crippen LogP) is 1.38. The fraction of sp³-hybridized carbons (Fsp3) is 0.455. The van der Waals surface area contributed by atoms with E-state index in [0.717, 1.165) is 12.1 Å². The minimum atomic E-state index is -2.58. The Morgan fingerprint density at radius 2 is 1.88 bits per heavy atom. The number of rotatable bonds is 6. The molecule has 0 radical (unpaired) electrons. The van der Waals surface area contributed by atoms with Crippen molar-refractivity contribution in [2.75, 3.05) is 24.6 Å². The third kappa shape index (κ3) is 4.24. The molecule has 1 aromatic carbocycles. The average molecular weight is 249 g/mol. The van der Waals surface area contributed by atoms with Crippen molar-refractivity contribution in [3.05, 3.63) is 29.6 Å². The highest BCUT2D eigenvalue weighted by molar-refractivity contribution is 5.49. The van der Waals surface area contributed by atoms with Crippen LogP contribution >= 0.6 is 0 Å². The second-order valence-electron chi connectivity index (χ2n) is 3.54. The number of aliphatic hydroxyl groups excluding tert-OH is 2. The van der Waals surface area contributed by atoms with Gasteiger partial charge in [-0.15, -0.1) is 0 Å². The molecule has 96 valence electrons. The van der Waals surface area contributed by atoms with Gasteiger partial charge in [-0.2, -0.15) is 0 Å². The zero-order valence-electron chi connectivity index (χ0n) is 9.11. The van der Waals surface area contributed by atoms with Crippen molar-refractivity contribution < 1.29 is 23.4 Å². The first kappa shape index (κ1) is 13.8. The van der Waals surface area contributed by atoms with Crippen molar-refractivity contribution in [2.45, 2.75) is 13.0 Å². The number of alkyl halides is 2. The SMILES string of the molecule is OCCN(CC(F)F)c1cc(F)cc(CO)c1. The molecule has 0 saturated heterocycles. The molecule has 0 unspecified atom stereocenters. The van der Waals surface area contributed by atoms with Crippen LogP contribution in [0.25, 0.3) is 0 Å². The summed E-state index contributed by atoms with van der Waals surface area (Å²) in [4.78, 5) is 1.17. The van der Waals surface area contributed by atoms with E-state index in [1.165, 1.54) is 11.0 Å². The summed E-state index contributed by atoms with van der Waals surface area (Å²) in [7, 11) is 0. The number of benzene rings is 1. The highest BCUT2D eigenvalue weighted by Gasteiger charge is 2.13. The maximum absolute atomic E-state index is 13.2. The Hall–Kier alpha value is -1.27. The summed E-state index contributed by atoms with van der Waals surface area (Å²) in [6.07, 6.45) is -2.58. The van der Waals surface area contributed by atoms with Crippen LogP contribution in [0.5, 0.6) is 0 Å². The Balaban J connectivity index is 2.95. The van der Waals surface area contributed by atoms with Crippen LogP contribution in [0.15, 0.2) is 18.2 Å². The molecule has 0 aliphatic rings. The molecule has 3 nitrogen and oxygen atoms in total. The standard InChI is InChI=1S/C11H14F3NO2/c12-9-3-8(7-17)4-10(5-9)15(1-2-16)6-11(13)14/h3-5,11,16-17H,1-2,6-7H2. The summed E-state index contributed by atoms with van der Waals surface area (Å²) in [5.74, 6) is -0.608. The van der Waals surface area contributed by atoms with Crippen LogP contribution in [0, 0.1) is 5.82 Å². The molecule has 6 heteroatoms. The van der Waals surface area contributed by atoms with E-state index in [0.29, 0.717) is 5.56 Å². The van der Waals surface area contributed by atoms with E-state index in [4.69, 9.17) is 10.2 Å². The van der Waals surface area contributed by atoms with Gasteiger partial charge < -0.3 is 15.1 Å². The van der Waals surface area contributed by atoms with E-state index < -0.39 is 18.8 Å². The van der Waals surface area contributed by atoms with E-state index in [1.807, 2.05) is 0 Å². The van der Waals surface area contributed by atoms with Crippen molar-refractivity contribution in [1.29, 1.82) is 0 Å². The summed E-state index contributed by atoms with van der Waals surface area (Å²) >= 11 is 0. The molecule has 0 bridgehead atoms. The lowest BCUT2D eigenvalue weighted by molar-refractivity contribution is 0.152. The quantitative estimate of drug-likeness (QED) is 0.800. The highest BCUT2D eigenvalue weighted by Crippen LogP contribution is 2.19. The summed E-state index contributed by atoms with van der Waals surface area (Å²) in [5, 5.41) is 17.7. The van der Waals surface area contributed by atoms with Gasteiger partial charge >= 0.3 is 0 Å². The third-order valence-corrected chi connectivity index (χ3v) is 2.22. The van der Waals surface area contributed by atoms with E-state index in [9.17, 15) is 13.2 Å². The number of nitrogens with zero attached hydrogens (tertiary/aromatic N) is 1. The van der Waals surface area contributed by atoms with Gasteiger partial charge in [0.25, 0.3) is 6.43 Å². The normalized spacial score (nSPS) is 10.9. The number of halogens is 3. The highest BCUT2D eigenvalue weighted by atomic mass is 19.3. The predicted molar refractivity (Wildman–Crippen MR) is 57.6 cm³/mol. The molecular formula is C11H14F3NO2. The zero-order valence-corrected chi connectivity index (χ0v) is 9.11. The lowest BCUT2D eigenvalue weighted by Gasteiger charge is -2.24. The minimum Gasteiger partial charge on any atom is -0.395 e. The average Bonchev–Trinajstić information content (AvgIpc) is 2.27. The van der Waals surface area contributed by atoms with Crippen molar-refractivity contribution in [2.24, 2.45) is 0 Å². The molecule has 0 fully saturated rings. The molecule has 0 saturated carbocycles. The van der Waals surface area contributed by atoms with Gasteiger partial charge in [0.2, 0.25) is 0 Å². The van der Waals surface area contributed by atoms with Gasteiger partial charge in [-0.25, -0.2) is 13.2 Å². The van der Waals surface area contributed by atoms with Gasteiger partial charge in [-0.1, -0.05) is 0 Å². The second-order valence-corrected chi connectivity index (χ2v) is 3.54. The van der Waals surface area contributed by atoms with Crippen LogP contribution in [0.4, 0.5) is 18.9 Å². The lowest BCUT2D eigenvalue weighted by Crippen LogP contribution is -2.31. The first-order valence-corrected chi connectivity index (χ1v) is 5.11. The Kier molecular flexibility index (Phi) is 5.24. The maximum atomic E-state index is 13.2. The Labute approximate surface area is 97.1 Å². The smallest absolute Gasteiger partial charge is 0.255 e. The summed E-state index contributed by atoms with van der Waals surface area (Å²) in [6.45, 7) is -1.28. The first-order chi connectivity index (χ1) is 8.06.